The van der Waals surface area contributed by atoms with E-state index in [0.717, 1.165) is 38.4 Å². The number of aromatic amines is 1. The van der Waals surface area contributed by atoms with Gasteiger partial charge in [0, 0.05) is 21.5 Å². The molecule has 132 valence electrons. The van der Waals surface area contributed by atoms with Gasteiger partial charge in [0.1, 0.15) is 4.21 Å². The zero-order valence-corrected chi connectivity index (χ0v) is 15.6. The molecule has 0 radical (unpaired) electrons. The van der Waals surface area contributed by atoms with E-state index in [2.05, 4.69) is 15.0 Å². The second-order valence-electron chi connectivity index (χ2n) is 5.66. The van der Waals surface area contributed by atoms with Crippen LogP contribution in [0.2, 0.25) is 0 Å². The number of nitrogens with one attached hydrogen (secondary N) is 3. The first-order chi connectivity index (χ1) is 11.9. The number of hydrogen-bond acceptors (Lipinski definition) is 4. The summed E-state index contributed by atoms with van der Waals surface area (Å²) < 4.78 is 26.0. The number of aromatic nitrogens is 1. The summed E-state index contributed by atoms with van der Waals surface area (Å²) in [5, 5.41) is 3.90. The number of rotatable bonds is 6. The van der Waals surface area contributed by atoms with Gasteiger partial charge in [-0.1, -0.05) is 18.2 Å². The number of aryl methyl sites for hydroxylation is 1. The summed E-state index contributed by atoms with van der Waals surface area (Å²) in [7, 11) is -2.06. The number of carbonyl (C=O) groups is 1. The topological polar surface area (TPSA) is 91.1 Å². The smallest absolute Gasteiger partial charge is 0.249 e. The van der Waals surface area contributed by atoms with E-state index in [1.54, 1.807) is 12.1 Å². The minimum atomic E-state index is -3.44. The van der Waals surface area contributed by atoms with Gasteiger partial charge >= 0.3 is 0 Å². The van der Waals surface area contributed by atoms with Gasteiger partial charge in [-0.3, -0.25) is 4.79 Å². The highest BCUT2D eigenvalue weighted by Gasteiger charge is 2.15. The van der Waals surface area contributed by atoms with Crippen LogP contribution >= 0.6 is 11.3 Å². The molecule has 2 heterocycles. The Labute approximate surface area is 150 Å². The Morgan fingerprint density at radius 1 is 1.20 bits per heavy atom. The summed E-state index contributed by atoms with van der Waals surface area (Å²) in [4.78, 5) is 16.4. The zero-order valence-electron chi connectivity index (χ0n) is 13.9. The molecule has 25 heavy (non-hydrogen) atoms. The number of carbonyl (C=O) groups excluding carboxylic acids is 1. The van der Waals surface area contributed by atoms with Gasteiger partial charge in [-0.05, 0) is 37.7 Å². The summed E-state index contributed by atoms with van der Waals surface area (Å²) >= 11 is 1.15. The Morgan fingerprint density at radius 3 is 2.72 bits per heavy atom. The van der Waals surface area contributed by atoms with Gasteiger partial charge in [-0.2, -0.15) is 0 Å². The average molecular weight is 377 g/mol. The Hall–Kier alpha value is -2.16. The Balaban J connectivity index is 1.66. The van der Waals surface area contributed by atoms with Crippen LogP contribution in [0.25, 0.3) is 10.9 Å². The van der Waals surface area contributed by atoms with Crippen LogP contribution in [-0.4, -0.2) is 26.4 Å². The number of para-hydroxylation sites is 1. The van der Waals surface area contributed by atoms with Gasteiger partial charge in [0.05, 0.1) is 13.0 Å². The molecule has 3 N–H and O–H groups in total. The summed E-state index contributed by atoms with van der Waals surface area (Å²) in [6, 6.07) is 11.1. The van der Waals surface area contributed by atoms with Gasteiger partial charge in [0.15, 0.2) is 0 Å². The van der Waals surface area contributed by atoms with Crippen molar-refractivity contribution in [1.82, 2.24) is 15.0 Å². The van der Waals surface area contributed by atoms with Crippen molar-refractivity contribution >= 4 is 38.2 Å². The van der Waals surface area contributed by atoms with Crippen LogP contribution < -0.4 is 10.0 Å². The first-order valence-corrected chi connectivity index (χ1v) is 10.1. The minimum Gasteiger partial charge on any atom is -0.358 e. The van der Waals surface area contributed by atoms with Crippen molar-refractivity contribution in [2.24, 2.45) is 0 Å². The Bertz CT molecular complexity index is 1020. The molecule has 6 nitrogen and oxygen atoms in total. The van der Waals surface area contributed by atoms with Crippen molar-refractivity contribution in [3.05, 3.63) is 52.5 Å². The number of H-pyrrole nitrogens is 1. The predicted molar refractivity (Wildman–Crippen MR) is 99.2 cm³/mol. The van der Waals surface area contributed by atoms with E-state index in [4.69, 9.17) is 0 Å². The summed E-state index contributed by atoms with van der Waals surface area (Å²) in [5.41, 5.74) is 2.98. The average Bonchev–Trinajstić information content (AvgIpc) is 3.19. The van der Waals surface area contributed by atoms with Crippen LogP contribution in [-0.2, 0) is 27.8 Å². The lowest BCUT2D eigenvalue weighted by Gasteiger charge is -2.04. The van der Waals surface area contributed by atoms with Crippen molar-refractivity contribution in [3.8, 4) is 0 Å². The third-order valence-corrected chi connectivity index (χ3v) is 6.99. The number of amides is 1. The van der Waals surface area contributed by atoms with Crippen LogP contribution in [0.3, 0.4) is 0 Å². The summed E-state index contributed by atoms with van der Waals surface area (Å²) in [6.07, 6.45) is 0.281. The molecule has 0 aliphatic carbocycles. The lowest BCUT2D eigenvalue weighted by Crippen LogP contribution is -2.24. The second kappa shape index (κ2) is 6.99. The molecule has 0 atom stereocenters. The maximum absolute atomic E-state index is 12.3. The molecule has 0 bridgehead atoms. The second-order valence-corrected chi connectivity index (χ2v) is 8.94. The van der Waals surface area contributed by atoms with Crippen LogP contribution in [0.1, 0.15) is 16.1 Å². The molecule has 0 saturated carbocycles. The third kappa shape index (κ3) is 3.76. The number of hydrogen-bond donors (Lipinski definition) is 3. The fraction of sp³-hybridized carbons (Fsp3) is 0.235. The van der Waals surface area contributed by atoms with Gasteiger partial charge in [-0.25, -0.2) is 13.1 Å². The van der Waals surface area contributed by atoms with Gasteiger partial charge in [0.2, 0.25) is 15.9 Å². The van der Waals surface area contributed by atoms with E-state index in [-0.39, 0.29) is 16.5 Å². The third-order valence-electron chi connectivity index (χ3n) is 3.99. The predicted octanol–water partition coefficient (Wildman–Crippen LogP) is 2.30. The molecular weight excluding hydrogens is 358 g/mol. The Morgan fingerprint density at radius 2 is 1.96 bits per heavy atom. The fourth-order valence-electron chi connectivity index (χ4n) is 2.67. The molecule has 0 aliphatic rings. The number of thiophene rings is 1. The quantitative estimate of drug-likeness (QED) is 0.616. The highest BCUT2D eigenvalue weighted by molar-refractivity contribution is 7.91. The van der Waals surface area contributed by atoms with E-state index in [0.29, 0.717) is 6.54 Å². The van der Waals surface area contributed by atoms with Crippen molar-refractivity contribution in [2.75, 3.05) is 7.05 Å². The Kier molecular flexibility index (Phi) is 4.94. The molecule has 2 aromatic heterocycles. The van der Waals surface area contributed by atoms with E-state index in [9.17, 15) is 13.2 Å². The summed E-state index contributed by atoms with van der Waals surface area (Å²) in [5.74, 6) is -0.0979. The molecule has 0 saturated heterocycles. The number of fused-ring (bicyclic) bond motifs is 1. The van der Waals surface area contributed by atoms with Crippen molar-refractivity contribution in [1.29, 1.82) is 0 Å². The highest BCUT2D eigenvalue weighted by atomic mass is 32.2. The largest absolute Gasteiger partial charge is 0.358 e. The molecule has 3 rings (SSSR count). The van der Waals surface area contributed by atoms with Crippen molar-refractivity contribution < 1.29 is 13.2 Å². The minimum absolute atomic E-state index is 0.0979. The molecule has 1 amide bonds. The fourth-order valence-corrected chi connectivity index (χ4v) is 4.80. The molecular formula is C17H19N3O3S2. The maximum Gasteiger partial charge on any atom is 0.249 e. The van der Waals surface area contributed by atoms with Crippen molar-refractivity contribution in [3.63, 3.8) is 0 Å². The first-order valence-electron chi connectivity index (χ1n) is 7.76. The monoisotopic (exact) mass is 377 g/mol. The summed E-state index contributed by atoms with van der Waals surface area (Å²) in [6.45, 7) is 2.26. The molecule has 0 aliphatic heterocycles. The standard InChI is InChI=1S/C17H19N3O3S2/c1-11-14(13-5-3-4-6-15(13)20-11)9-16(21)19-10-12-7-8-17(24-12)25(22,23)18-2/h3-8,18,20H,9-10H2,1-2H3,(H,19,21). The van der Waals surface area contributed by atoms with Crippen LogP contribution in [0, 0.1) is 6.92 Å². The number of sulfonamides is 1. The molecule has 8 heteroatoms. The highest BCUT2D eigenvalue weighted by Crippen LogP contribution is 2.23. The molecule has 0 fully saturated rings. The van der Waals surface area contributed by atoms with E-state index in [1.807, 2.05) is 31.2 Å². The number of benzene rings is 1. The molecule has 1 aromatic carbocycles. The first kappa shape index (κ1) is 17.7. The molecule has 0 unspecified atom stereocenters. The zero-order chi connectivity index (χ0) is 18.0. The maximum atomic E-state index is 12.3. The SMILES string of the molecule is CNS(=O)(=O)c1ccc(CNC(=O)Cc2c(C)[nH]c3ccccc23)s1. The van der Waals surface area contributed by atoms with Crippen LogP contribution in [0.5, 0.6) is 0 Å². The molecule has 3 aromatic rings. The lowest BCUT2D eigenvalue weighted by atomic mass is 10.1. The van der Waals surface area contributed by atoms with Crippen LogP contribution in [0.4, 0.5) is 0 Å². The van der Waals surface area contributed by atoms with E-state index >= 15 is 0 Å². The van der Waals surface area contributed by atoms with Crippen LogP contribution in [0.15, 0.2) is 40.6 Å². The van der Waals surface area contributed by atoms with Crippen molar-refractivity contribution in [2.45, 2.75) is 24.1 Å². The lowest BCUT2D eigenvalue weighted by molar-refractivity contribution is -0.120. The van der Waals surface area contributed by atoms with Gasteiger partial charge < -0.3 is 10.3 Å². The van der Waals surface area contributed by atoms with Gasteiger partial charge in [-0.15, -0.1) is 11.3 Å². The van der Waals surface area contributed by atoms with E-state index < -0.39 is 10.0 Å². The normalized spacial score (nSPS) is 11.8. The molecule has 0 spiro atoms. The van der Waals surface area contributed by atoms with E-state index in [1.165, 1.54) is 7.05 Å². The van der Waals surface area contributed by atoms with Gasteiger partial charge in [0.25, 0.3) is 0 Å².